The maximum Gasteiger partial charge on any atom is 0.322 e. The largest absolute Gasteiger partial charge is 0.391 e. The Kier molecular flexibility index (Phi) is 6.31. The number of nitrogens with zero attached hydrogens (tertiary/aromatic N) is 3. The number of β-amino-alcohol motifs (C(OH)–C–C–N with tert-alkyl or cyclic N) is 1. The first-order chi connectivity index (χ1) is 15.9. The summed E-state index contributed by atoms with van der Waals surface area (Å²) in [4.78, 5) is 32.5. The van der Waals surface area contributed by atoms with Crippen LogP contribution in [-0.4, -0.2) is 82.2 Å². The van der Waals surface area contributed by atoms with Crippen LogP contribution in [0.1, 0.15) is 51.9 Å². The fourth-order valence-corrected chi connectivity index (χ4v) is 6.29. The number of piperazine rings is 1. The van der Waals surface area contributed by atoms with Crippen LogP contribution in [0.5, 0.6) is 0 Å². The number of hydrogen-bond donors (Lipinski definition) is 2. The molecular formula is C25H35ClN4O3. The summed E-state index contributed by atoms with van der Waals surface area (Å²) in [5.41, 5.74) is 0.854. The second kappa shape index (κ2) is 9.08. The number of hydrogen-bond acceptors (Lipinski definition) is 4. The Balaban J connectivity index is 1.20. The SMILES string of the molecule is C[C@H]1C(=O)N2[C@@H](CCN3CCC4(CC4)[C@H](O)C3)CCC[C@H]2CN1C(=O)Nc1cccc(Cl)c1. The number of anilines is 1. The number of halogens is 1. The summed E-state index contributed by atoms with van der Waals surface area (Å²) in [5, 5.41) is 14.0. The van der Waals surface area contributed by atoms with Gasteiger partial charge in [-0.1, -0.05) is 17.7 Å². The van der Waals surface area contributed by atoms with Crippen LogP contribution in [0.25, 0.3) is 0 Å². The molecule has 0 unspecified atom stereocenters. The lowest BCUT2D eigenvalue weighted by atomic mass is 9.88. The Morgan fingerprint density at radius 3 is 2.79 bits per heavy atom. The van der Waals surface area contributed by atoms with Gasteiger partial charge >= 0.3 is 6.03 Å². The van der Waals surface area contributed by atoms with Crippen LogP contribution in [-0.2, 0) is 4.79 Å². The number of aliphatic hydroxyl groups is 1. The summed E-state index contributed by atoms with van der Waals surface area (Å²) < 4.78 is 0. The highest BCUT2D eigenvalue weighted by atomic mass is 35.5. The molecule has 5 rings (SSSR count). The van der Waals surface area contributed by atoms with Gasteiger partial charge in [-0.3, -0.25) is 4.79 Å². The Bertz CT molecular complexity index is 907. The van der Waals surface area contributed by atoms with E-state index in [0.29, 0.717) is 17.3 Å². The summed E-state index contributed by atoms with van der Waals surface area (Å²) in [5.74, 6) is 0.0489. The molecular weight excluding hydrogens is 440 g/mol. The molecule has 1 aliphatic carbocycles. The molecule has 8 heteroatoms. The van der Waals surface area contributed by atoms with E-state index in [1.807, 2.05) is 6.92 Å². The summed E-state index contributed by atoms with van der Waals surface area (Å²) >= 11 is 6.04. The fraction of sp³-hybridized carbons (Fsp3) is 0.680. The molecule has 180 valence electrons. The van der Waals surface area contributed by atoms with E-state index in [0.717, 1.165) is 51.7 Å². The highest BCUT2D eigenvalue weighted by Crippen LogP contribution is 2.53. The highest BCUT2D eigenvalue weighted by molar-refractivity contribution is 6.30. The quantitative estimate of drug-likeness (QED) is 0.699. The van der Waals surface area contributed by atoms with Gasteiger partial charge in [0.25, 0.3) is 0 Å². The molecule has 0 bridgehead atoms. The third-order valence-corrected chi connectivity index (χ3v) is 8.65. The van der Waals surface area contributed by atoms with Crippen LogP contribution in [0.3, 0.4) is 0 Å². The molecule has 3 amide bonds. The molecule has 4 fully saturated rings. The Labute approximate surface area is 201 Å². The maximum absolute atomic E-state index is 13.4. The van der Waals surface area contributed by atoms with Gasteiger partial charge in [0.05, 0.1) is 6.10 Å². The molecule has 4 aliphatic rings. The van der Waals surface area contributed by atoms with E-state index in [-0.39, 0.29) is 35.5 Å². The third-order valence-electron chi connectivity index (χ3n) is 8.42. The van der Waals surface area contributed by atoms with Gasteiger partial charge in [-0.05, 0) is 82.0 Å². The lowest BCUT2D eigenvalue weighted by Crippen LogP contribution is -2.66. The van der Waals surface area contributed by atoms with Crippen molar-refractivity contribution in [1.29, 1.82) is 0 Å². The molecule has 1 spiro atoms. The number of piperidine rings is 2. The number of likely N-dealkylation sites (tertiary alicyclic amines) is 1. The van der Waals surface area contributed by atoms with Gasteiger partial charge < -0.3 is 25.1 Å². The van der Waals surface area contributed by atoms with Crippen LogP contribution >= 0.6 is 11.6 Å². The van der Waals surface area contributed by atoms with Gasteiger partial charge in [0.1, 0.15) is 6.04 Å². The zero-order valence-electron chi connectivity index (χ0n) is 19.4. The zero-order chi connectivity index (χ0) is 23.2. The standard InChI is InChI=1S/C25H35ClN4O3/c1-17-23(32)30-20(8-12-28-13-11-25(9-10-25)22(31)16-28)6-3-7-21(30)15-29(17)24(33)27-19-5-2-4-18(26)14-19/h2,4-5,14,17,20-22,31H,3,6-13,15-16H2,1H3,(H,27,33)/t17-,20+,21-,22+/m0/s1. The van der Waals surface area contributed by atoms with Crippen molar-refractivity contribution in [2.75, 3.05) is 31.5 Å². The molecule has 3 aliphatic heterocycles. The van der Waals surface area contributed by atoms with Crippen molar-refractivity contribution in [3.05, 3.63) is 29.3 Å². The van der Waals surface area contributed by atoms with Crippen molar-refractivity contribution < 1.29 is 14.7 Å². The van der Waals surface area contributed by atoms with Crippen LogP contribution in [0, 0.1) is 5.41 Å². The summed E-state index contributed by atoms with van der Waals surface area (Å²) in [6.45, 7) is 5.12. The first kappa shape index (κ1) is 22.9. The van der Waals surface area contributed by atoms with E-state index < -0.39 is 6.04 Å². The second-order valence-corrected chi connectivity index (χ2v) is 10.9. The minimum atomic E-state index is -0.493. The summed E-state index contributed by atoms with van der Waals surface area (Å²) in [6.07, 6.45) is 7.20. The number of fused-ring (bicyclic) bond motifs is 1. The smallest absolute Gasteiger partial charge is 0.322 e. The predicted molar refractivity (Wildman–Crippen MR) is 128 cm³/mol. The van der Waals surface area contributed by atoms with Gasteiger partial charge in [0.15, 0.2) is 0 Å². The molecule has 7 nitrogen and oxygen atoms in total. The van der Waals surface area contributed by atoms with E-state index in [1.165, 1.54) is 12.8 Å². The summed E-state index contributed by atoms with van der Waals surface area (Å²) in [6, 6.07) is 6.60. The van der Waals surface area contributed by atoms with Gasteiger partial charge in [-0.15, -0.1) is 0 Å². The van der Waals surface area contributed by atoms with E-state index in [1.54, 1.807) is 29.2 Å². The molecule has 2 N–H and O–H groups in total. The number of amides is 3. The van der Waals surface area contributed by atoms with Crippen LogP contribution in [0.4, 0.5) is 10.5 Å². The monoisotopic (exact) mass is 474 g/mol. The normalized spacial score (nSPS) is 31.4. The molecule has 0 radical (unpaired) electrons. The Morgan fingerprint density at radius 2 is 2.06 bits per heavy atom. The van der Waals surface area contributed by atoms with Crippen molar-refractivity contribution in [2.24, 2.45) is 5.41 Å². The van der Waals surface area contributed by atoms with E-state index in [2.05, 4.69) is 15.1 Å². The number of aliphatic hydroxyl groups excluding tert-OH is 1. The summed E-state index contributed by atoms with van der Waals surface area (Å²) in [7, 11) is 0. The molecule has 0 aromatic heterocycles. The Hall–Kier alpha value is -1.83. The number of rotatable bonds is 4. The van der Waals surface area contributed by atoms with E-state index in [9.17, 15) is 14.7 Å². The minimum absolute atomic E-state index is 0.0489. The van der Waals surface area contributed by atoms with Crippen LogP contribution in [0.15, 0.2) is 24.3 Å². The Morgan fingerprint density at radius 1 is 1.24 bits per heavy atom. The maximum atomic E-state index is 13.4. The number of carbonyl (C=O) groups is 2. The lowest BCUT2D eigenvalue weighted by Gasteiger charge is -2.50. The average molecular weight is 475 g/mol. The predicted octanol–water partition coefficient (Wildman–Crippen LogP) is 3.56. The van der Waals surface area contributed by atoms with Crippen molar-refractivity contribution in [2.45, 2.75) is 76.1 Å². The molecule has 3 saturated heterocycles. The molecule has 1 aromatic carbocycles. The second-order valence-electron chi connectivity index (χ2n) is 10.5. The van der Waals surface area contributed by atoms with Gasteiger partial charge in [-0.2, -0.15) is 0 Å². The van der Waals surface area contributed by atoms with Crippen molar-refractivity contribution >= 4 is 29.2 Å². The number of benzene rings is 1. The van der Waals surface area contributed by atoms with Gasteiger partial charge in [-0.25, -0.2) is 4.79 Å². The van der Waals surface area contributed by atoms with Gasteiger partial charge in [0.2, 0.25) is 5.91 Å². The third kappa shape index (κ3) is 4.60. The van der Waals surface area contributed by atoms with Crippen molar-refractivity contribution in [3.8, 4) is 0 Å². The van der Waals surface area contributed by atoms with Gasteiger partial charge in [0, 0.05) is 42.4 Å². The zero-order valence-corrected chi connectivity index (χ0v) is 20.1. The molecule has 4 atom stereocenters. The number of carbonyl (C=O) groups excluding carboxylic acids is 2. The molecule has 3 heterocycles. The number of nitrogens with one attached hydrogen (secondary N) is 1. The highest BCUT2D eigenvalue weighted by Gasteiger charge is 2.51. The van der Waals surface area contributed by atoms with E-state index in [4.69, 9.17) is 11.6 Å². The lowest BCUT2D eigenvalue weighted by molar-refractivity contribution is -0.149. The molecule has 1 aromatic rings. The van der Waals surface area contributed by atoms with Crippen LogP contribution in [0.2, 0.25) is 5.02 Å². The number of urea groups is 1. The molecule has 33 heavy (non-hydrogen) atoms. The van der Waals surface area contributed by atoms with Crippen LogP contribution < -0.4 is 5.32 Å². The first-order valence-corrected chi connectivity index (χ1v) is 12.8. The average Bonchev–Trinajstić information content (AvgIpc) is 3.57. The van der Waals surface area contributed by atoms with E-state index >= 15 is 0 Å². The fourth-order valence-electron chi connectivity index (χ4n) is 6.10. The first-order valence-electron chi connectivity index (χ1n) is 12.4. The van der Waals surface area contributed by atoms with Crippen molar-refractivity contribution in [3.63, 3.8) is 0 Å². The topological polar surface area (TPSA) is 76.1 Å². The minimum Gasteiger partial charge on any atom is -0.391 e. The van der Waals surface area contributed by atoms with Crippen molar-refractivity contribution in [1.82, 2.24) is 14.7 Å². The molecule has 1 saturated carbocycles.